The number of hydrogen-bond acceptors (Lipinski definition) is 8. The second-order valence-electron chi connectivity index (χ2n) is 7.38. The molecule has 164 valence electrons. The van der Waals surface area contributed by atoms with Crippen LogP contribution in [-0.4, -0.2) is 51.0 Å². The Labute approximate surface area is 198 Å². The summed E-state index contributed by atoms with van der Waals surface area (Å²) in [5, 5.41) is 17.0. The number of rotatable bonds is 5. The third kappa shape index (κ3) is 4.84. The van der Waals surface area contributed by atoms with Crippen LogP contribution in [0.1, 0.15) is 5.56 Å². The van der Waals surface area contributed by atoms with E-state index in [-0.39, 0.29) is 0 Å². The Balaban J connectivity index is 1.38. The molecule has 0 spiro atoms. The lowest BCUT2D eigenvalue weighted by Gasteiger charge is -2.29. The molecule has 3 heterocycles. The van der Waals surface area contributed by atoms with Gasteiger partial charge in [0.15, 0.2) is 0 Å². The molecule has 0 atom stereocenters. The predicted octanol–water partition coefficient (Wildman–Crippen LogP) is 3.94. The molecule has 9 nitrogen and oxygen atoms in total. The van der Waals surface area contributed by atoms with Gasteiger partial charge in [0.2, 0.25) is 10.7 Å². The topological polar surface area (TPSA) is 105 Å². The number of halogens is 1. The Kier molecular flexibility index (Phi) is 5.97. The first kappa shape index (κ1) is 21.1. The van der Waals surface area contributed by atoms with Crippen LogP contribution in [0, 0.1) is 11.3 Å². The molecule has 2 aromatic heterocycles. The normalized spacial score (nSPS) is 13.5. The van der Waals surface area contributed by atoms with Crippen molar-refractivity contribution in [2.75, 3.05) is 36.5 Å². The third-order valence-electron chi connectivity index (χ3n) is 5.23. The Morgan fingerprint density at radius 2 is 1.82 bits per heavy atom. The molecule has 2 aromatic carbocycles. The van der Waals surface area contributed by atoms with Crippen molar-refractivity contribution in [1.82, 2.24) is 24.7 Å². The molecule has 0 bridgehead atoms. The summed E-state index contributed by atoms with van der Waals surface area (Å²) in [5.41, 5.74) is 4.93. The number of benzene rings is 2. The van der Waals surface area contributed by atoms with Crippen molar-refractivity contribution >= 4 is 33.3 Å². The fourth-order valence-corrected chi connectivity index (χ4v) is 3.86. The molecule has 1 fully saturated rings. The van der Waals surface area contributed by atoms with Crippen molar-refractivity contribution in [1.29, 1.82) is 5.26 Å². The summed E-state index contributed by atoms with van der Waals surface area (Å²) in [6.07, 6.45) is 3.35. The summed E-state index contributed by atoms with van der Waals surface area (Å²) >= 11 is 3.25. The average Bonchev–Trinajstić information content (AvgIpc) is 3.31. The van der Waals surface area contributed by atoms with Crippen molar-refractivity contribution < 1.29 is 4.74 Å². The van der Waals surface area contributed by atoms with Gasteiger partial charge in [-0.1, -0.05) is 0 Å². The quantitative estimate of drug-likeness (QED) is 0.437. The minimum absolute atomic E-state index is 0.471. The van der Waals surface area contributed by atoms with E-state index in [0.29, 0.717) is 29.5 Å². The number of anilines is 3. The average molecular weight is 503 g/mol. The first-order valence-corrected chi connectivity index (χ1v) is 11.1. The molecule has 4 aromatic rings. The zero-order chi connectivity index (χ0) is 22.6. The second kappa shape index (κ2) is 9.36. The lowest BCUT2D eigenvalue weighted by atomic mass is 10.1. The van der Waals surface area contributed by atoms with Gasteiger partial charge in [-0.05, 0) is 64.5 Å². The molecule has 10 heteroatoms. The summed E-state index contributed by atoms with van der Waals surface area (Å²) in [5.74, 6) is 0.471. The summed E-state index contributed by atoms with van der Waals surface area (Å²) in [4.78, 5) is 15.3. The van der Waals surface area contributed by atoms with Crippen LogP contribution in [0.5, 0.6) is 0 Å². The molecule has 1 aliphatic heterocycles. The number of hydrogen-bond donors (Lipinski definition) is 1. The number of ether oxygens (including phenoxy) is 1. The molecule has 0 aliphatic carbocycles. The summed E-state index contributed by atoms with van der Waals surface area (Å²) in [6, 6.07) is 17.6. The van der Waals surface area contributed by atoms with E-state index < -0.39 is 0 Å². The number of nitrogens with zero attached hydrogens (tertiary/aromatic N) is 7. The fourth-order valence-electron chi connectivity index (χ4n) is 3.60. The van der Waals surface area contributed by atoms with E-state index in [4.69, 9.17) is 4.74 Å². The van der Waals surface area contributed by atoms with E-state index in [1.807, 2.05) is 42.5 Å². The highest BCUT2D eigenvalue weighted by Gasteiger charge is 2.14. The maximum Gasteiger partial charge on any atom is 0.227 e. The van der Waals surface area contributed by atoms with Gasteiger partial charge in [0.05, 0.1) is 36.2 Å². The smallest absolute Gasteiger partial charge is 0.227 e. The summed E-state index contributed by atoms with van der Waals surface area (Å²) in [6.45, 7) is 2.96. The summed E-state index contributed by atoms with van der Waals surface area (Å²) < 4.78 is 7.67. The second-order valence-corrected chi connectivity index (χ2v) is 8.08. The predicted molar refractivity (Wildman–Crippen MR) is 128 cm³/mol. The standard InChI is InChI=1S/C23H19BrN8O/c24-22-27-15-32(30-22)19-3-1-18(2-4-19)28-23-26-6-5-21(29-23)17-11-16(14-25)12-20(13-17)31-7-9-33-10-8-31/h1-6,11-13,15H,7-10H2,(H,26,28,29). The van der Waals surface area contributed by atoms with Crippen molar-refractivity contribution in [2.24, 2.45) is 0 Å². The molecule has 1 saturated heterocycles. The maximum absolute atomic E-state index is 9.54. The van der Waals surface area contributed by atoms with Crippen LogP contribution in [0.15, 0.2) is 65.8 Å². The Morgan fingerprint density at radius 3 is 2.55 bits per heavy atom. The highest BCUT2D eigenvalue weighted by atomic mass is 79.9. The van der Waals surface area contributed by atoms with Crippen LogP contribution in [-0.2, 0) is 4.74 Å². The van der Waals surface area contributed by atoms with Gasteiger partial charge >= 0.3 is 0 Å². The highest BCUT2D eigenvalue weighted by Crippen LogP contribution is 2.27. The Morgan fingerprint density at radius 1 is 1.00 bits per heavy atom. The molecular weight excluding hydrogens is 484 g/mol. The number of nitriles is 1. The first-order chi connectivity index (χ1) is 16.2. The third-order valence-corrected chi connectivity index (χ3v) is 5.59. The van der Waals surface area contributed by atoms with Crippen molar-refractivity contribution in [3.8, 4) is 23.0 Å². The molecule has 5 rings (SSSR count). The van der Waals surface area contributed by atoms with E-state index in [2.05, 4.69) is 58.3 Å². The molecule has 0 amide bonds. The molecule has 1 aliphatic rings. The highest BCUT2D eigenvalue weighted by molar-refractivity contribution is 9.10. The largest absolute Gasteiger partial charge is 0.378 e. The van der Waals surface area contributed by atoms with E-state index in [0.717, 1.165) is 41.4 Å². The molecule has 1 N–H and O–H groups in total. The lowest BCUT2D eigenvalue weighted by Crippen LogP contribution is -2.36. The van der Waals surface area contributed by atoms with Gasteiger partial charge < -0.3 is 15.0 Å². The molecular formula is C23H19BrN8O. The van der Waals surface area contributed by atoms with Crippen LogP contribution in [0.3, 0.4) is 0 Å². The Hall–Kier alpha value is -3.81. The van der Waals surface area contributed by atoms with Gasteiger partial charge in [-0.25, -0.2) is 19.6 Å². The van der Waals surface area contributed by atoms with Crippen LogP contribution >= 0.6 is 15.9 Å². The van der Waals surface area contributed by atoms with E-state index >= 15 is 0 Å². The van der Waals surface area contributed by atoms with E-state index in [1.165, 1.54) is 0 Å². The van der Waals surface area contributed by atoms with Gasteiger partial charge in [0.1, 0.15) is 6.33 Å². The Bertz CT molecular complexity index is 1310. The first-order valence-electron chi connectivity index (χ1n) is 10.3. The van der Waals surface area contributed by atoms with Gasteiger partial charge in [-0.2, -0.15) is 5.26 Å². The molecule has 0 radical (unpaired) electrons. The minimum atomic E-state index is 0.471. The van der Waals surface area contributed by atoms with E-state index in [1.54, 1.807) is 17.2 Å². The van der Waals surface area contributed by atoms with Crippen LogP contribution in [0.4, 0.5) is 17.3 Å². The maximum atomic E-state index is 9.54. The van der Waals surface area contributed by atoms with Crippen molar-refractivity contribution in [2.45, 2.75) is 0 Å². The van der Waals surface area contributed by atoms with Crippen molar-refractivity contribution in [3.63, 3.8) is 0 Å². The van der Waals surface area contributed by atoms with Gasteiger partial charge in [-0.3, -0.25) is 0 Å². The number of morpholine rings is 1. The van der Waals surface area contributed by atoms with Crippen LogP contribution in [0.25, 0.3) is 16.9 Å². The lowest BCUT2D eigenvalue weighted by molar-refractivity contribution is 0.122. The molecule has 0 saturated carbocycles. The zero-order valence-corrected chi connectivity index (χ0v) is 19.1. The van der Waals surface area contributed by atoms with Crippen LogP contribution in [0.2, 0.25) is 0 Å². The van der Waals surface area contributed by atoms with E-state index in [9.17, 15) is 5.26 Å². The zero-order valence-electron chi connectivity index (χ0n) is 17.5. The molecule has 33 heavy (non-hydrogen) atoms. The number of nitrogens with one attached hydrogen (secondary N) is 1. The SMILES string of the molecule is N#Cc1cc(-c2ccnc(Nc3ccc(-n4cnc(Br)n4)cc3)n2)cc(N2CCOCC2)c1. The van der Waals surface area contributed by atoms with Gasteiger partial charge in [-0.15, -0.1) is 5.10 Å². The van der Waals surface area contributed by atoms with Crippen LogP contribution < -0.4 is 10.2 Å². The van der Waals surface area contributed by atoms with Gasteiger partial charge in [0, 0.05) is 36.2 Å². The monoisotopic (exact) mass is 502 g/mol. The summed E-state index contributed by atoms with van der Waals surface area (Å²) in [7, 11) is 0. The minimum Gasteiger partial charge on any atom is -0.378 e. The molecule has 0 unspecified atom stereocenters. The fraction of sp³-hybridized carbons (Fsp3) is 0.174. The van der Waals surface area contributed by atoms with Gasteiger partial charge in [0.25, 0.3) is 0 Å². The number of aromatic nitrogens is 5. The van der Waals surface area contributed by atoms with Crippen molar-refractivity contribution in [3.05, 3.63) is 71.4 Å².